The standard InChI is InChI=1S/C9H12.C7H16.2C2H6/c1-3-9-6-4-8(2)5-7-9;1-3-5-7-6-4-2;2*1-2/h4-7H,3H2,1-2H3;3-7H2,1-2H3;2*1-2H3. The predicted octanol–water partition coefficient (Wildman–Crippen LogP) is 7.59. The second-order valence-corrected chi connectivity index (χ2v) is 4.40. The van der Waals surface area contributed by atoms with Gasteiger partial charge in [-0.1, -0.05) is 110 Å². The van der Waals surface area contributed by atoms with Crippen LogP contribution in [0.3, 0.4) is 0 Å². The van der Waals surface area contributed by atoms with E-state index >= 15 is 0 Å². The molecule has 120 valence electrons. The molecule has 0 heteroatoms. The van der Waals surface area contributed by atoms with Gasteiger partial charge in [-0.2, -0.15) is 0 Å². The van der Waals surface area contributed by atoms with Gasteiger partial charge in [0.15, 0.2) is 0 Å². The lowest BCUT2D eigenvalue weighted by Gasteiger charge is -1.94. The van der Waals surface area contributed by atoms with Crippen molar-refractivity contribution in [3.63, 3.8) is 0 Å². The molecule has 0 heterocycles. The zero-order valence-corrected chi connectivity index (χ0v) is 15.6. The molecule has 0 spiro atoms. The molecule has 0 saturated heterocycles. The van der Waals surface area contributed by atoms with Crippen LogP contribution in [0.2, 0.25) is 0 Å². The van der Waals surface area contributed by atoms with E-state index in [1.807, 2.05) is 27.7 Å². The van der Waals surface area contributed by atoms with Gasteiger partial charge >= 0.3 is 0 Å². The van der Waals surface area contributed by atoms with E-state index < -0.39 is 0 Å². The van der Waals surface area contributed by atoms with Crippen LogP contribution in [0.15, 0.2) is 24.3 Å². The molecule has 20 heavy (non-hydrogen) atoms. The van der Waals surface area contributed by atoms with Gasteiger partial charge in [-0.3, -0.25) is 0 Å². The minimum absolute atomic E-state index is 1.14. The maximum Gasteiger partial charge on any atom is -0.0307 e. The number of benzene rings is 1. The van der Waals surface area contributed by atoms with E-state index in [9.17, 15) is 0 Å². The molecule has 0 aliphatic heterocycles. The molecule has 0 aliphatic rings. The fourth-order valence-corrected chi connectivity index (χ4v) is 1.50. The number of rotatable bonds is 5. The summed E-state index contributed by atoms with van der Waals surface area (Å²) in [6.07, 6.45) is 8.15. The number of hydrogen-bond acceptors (Lipinski definition) is 0. The summed E-state index contributed by atoms with van der Waals surface area (Å²) in [6.45, 7) is 16.8. The molecule has 0 atom stereocenters. The van der Waals surface area contributed by atoms with Gasteiger partial charge in [0.05, 0.1) is 0 Å². The lowest BCUT2D eigenvalue weighted by atomic mass is 10.1. The fourth-order valence-electron chi connectivity index (χ4n) is 1.50. The van der Waals surface area contributed by atoms with Gasteiger partial charge in [-0.25, -0.2) is 0 Å². The monoisotopic (exact) mass is 280 g/mol. The third-order valence-corrected chi connectivity index (χ3v) is 2.74. The van der Waals surface area contributed by atoms with Crippen LogP contribution in [0.5, 0.6) is 0 Å². The zero-order chi connectivity index (χ0) is 16.2. The minimum Gasteiger partial charge on any atom is -0.0683 e. The Bertz CT molecular complexity index is 229. The molecule has 1 rings (SSSR count). The maximum absolute atomic E-state index is 2.25. The summed E-state index contributed by atoms with van der Waals surface area (Å²) in [5.74, 6) is 0. The highest BCUT2D eigenvalue weighted by Gasteiger charge is 1.84. The Kier molecular flexibility index (Phi) is 28.3. The first-order valence-corrected chi connectivity index (χ1v) is 8.80. The van der Waals surface area contributed by atoms with Gasteiger partial charge in [0.25, 0.3) is 0 Å². The van der Waals surface area contributed by atoms with Crippen molar-refractivity contribution in [1.82, 2.24) is 0 Å². The Morgan fingerprint density at radius 3 is 1.35 bits per heavy atom. The largest absolute Gasteiger partial charge is 0.0683 e. The van der Waals surface area contributed by atoms with E-state index in [-0.39, 0.29) is 0 Å². The van der Waals surface area contributed by atoms with Gasteiger partial charge in [-0.15, -0.1) is 0 Å². The average Bonchev–Trinajstić information content (AvgIpc) is 2.53. The summed E-state index contributed by atoms with van der Waals surface area (Å²) in [4.78, 5) is 0. The first kappa shape index (κ1) is 24.3. The smallest absolute Gasteiger partial charge is 0.0307 e. The average molecular weight is 281 g/mol. The molecule has 0 radical (unpaired) electrons. The Morgan fingerprint density at radius 1 is 0.650 bits per heavy atom. The lowest BCUT2D eigenvalue weighted by Crippen LogP contribution is -1.77. The summed E-state index contributed by atoms with van der Waals surface area (Å²) in [7, 11) is 0. The van der Waals surface area contributed by atoms with E-state index in [2.05, 4.69) is 52.0 Å². The van der Waals surface area contributed by atoms with Crippen molar-refractivity contribution in [2.75, 3.05) is 0 Å². The highest BCUT2D eigenvalue weighted by atomic mass is 13.9. The molecule has 0 N–H and O–H groups in total. The Hall–Kier alpha value is -0.780. The SMILES string of the molecule is CC.CC.CCCCCCC.CCc1ccc(C)cc1. The molecular formula is C20H40. The van der Waals surface area contributed by atoms with Gasteiger partial charge in [0, 0.05) is 0 Å². The number of aryl methyl sites for hydroxylation is 2. The van der Waals surface area contributed by atoms with Gasteiger partial charge in [-0.05, 0) is 18.9 Å². The summed E-state index contributed by atoms with van der Waals surface area (Å²) in [6, 6.07) is 8.66. The van der Waals surface area contributed by atoms with Crippen LogP contribution < -0.4 is 0 Å². The summed E-state index contributed by atoms with van der Waals surface area (Å²) >= 11 is 0. The Balaban J connectivity index is -0.000000236. The zero-order valence-electron chi connectivity index (χ0n) is 15.6. The molecule has 0 bridgehead atoms. The maximum atomic E-state index is 2.25. The third-order valence-electron chi connectivity index (χ3n) is 2.74. The van der Waals surface area contributed by atoms with Crippen LogP contribution in [0.25, 0.3) is 0 Å². The van der Waals surface area contributed by atoms with Crippen molar-refractivity contribution in [3.05, 3.63) is 35.4 Å². The summed E-state index contributed by atoms with van der Waals surface area (Å²) in [5.41, 5.74) is 2.76. The quantitative estimate of drug-likeness (QED) is 0.487. The normalized spacial score (nSPS) is 8.20. The molecule has 0 aromatic heterocycles. The minimum atomic E-state index is 1.14. The second-order valence-electron chi connectivity index (χ2n) is 4.40. The lowest BCUT2D eigenvalue weighted by molar-refractivity contribution is 0.656. The van der Waals surface area contributed by atoms with E-state index in [1.54, 1.807) is 0 Å². The van der Waals surface area contributed by atoms with E-state index in [1.165, 1.54) is 43.2 Å². The van der Waals surface area contributed by atoms with Crippen molar-refractivity contribution in [3.8, 4) is 0 Å². The topological polar surface area (TPSA) is 0 Å². The summed E-state index contributed by atoms with van der Waals surface area (Å²) in [5, 5.41) is 0. The van der Waals surface area contributed by atoms with Crippen molar-refractivity contribution in [1.29, 1.82) is 0 Å². The van der Waals surface area contributed by atoms with Crippen LogP contribution in [0.1, 0.15) is 91.7 Å². The van der Waals surface area contributed by atoms with E-state index in [4.69, 9.17) is 0 Å². The van der Waals surface area contributed by atoms with Crippen molar-refractivity contribution in [2.45, 2.75) is 93.9 Å². The Morgan fingerprint density at radius 2 is 1.05 bits per heavy atom. The van der Waals surface area contributed by atoms with Crippen LogP contribution in [0, 0.1) is 6.92 Å². The highest BCUT2D eigenvalue weighted by Crippen LogP contribution is 2.02. The van der Waals surface area contributed by atoms with E-state index in [0.29, 0.717) is 0 Å². The van der Waals surface area contributed by atoms with E-state index in [0.717, 1.165) is 6.42 Å². The molecule has 1 aromatic rings. The van der Waals surface area contributed by atoms with Gasteiger partial charge in [0.2, 0.25) is 0 Å². The molecule has 0 unspecified atom stereocenters. The summed E-state index contributed by atoms with van der Waals surface area (Å²) < 4.78 is 0. The van der Waals surface area contributed by atoms with Crippen LogP contribution in [0.4, 0.5) is 0 Å². The Labute approximate surface area is 130 Å². The molecule has 1 aromatic carbocycles. The van der Waals surface area contributed by atoms with Crippen molar-refractivity contribution in [2.24, 2.45) is 0 Å². The van der Waals surface area contributed by atoms with Gasteiger partial charge < -0.3 is 0 Å². The molecule has 0 saturated carbocycles. The van der Waals surface area contributed by atoms with Crippen molar-refractivity contribution < 1.29 is 0 Å². The highest BCUT2D eigenvalue weighted by molar-refractivity contribution is 5.20. The molecular weight excluding hydrogens is 240 g/mol. The molecule has 0 aliphatic carbocycles. The van der Waals surface area contributed by atoms with Crippen LogP contribution in [-0.2, 0) is 6.42 Å². The van der Waals surface area contributed by atoms with Crippen molar-refractivity contribution >= 4 is 0 Å². The third kappa shape index (κ3) is 19.6. The van der Waals surface area contributed by atoms with Gasteiger partial charge in [0.1, 0.15) is 0 Å². The molecule has 0 amide bonds. The fraction of sp³-hybridized carbons (Fsp3) is 0.700. The predicted molar refractivity (Wildman–Crippen MR) is 97.7 cm³/mol. The molecule has 0 fully saturated rings. The van der Waals surface area contributed by atoms with Crippen LogP contribution in [-0.4, -0.2) is 0 Å². The first-order valence-electron chi connectivity index (χ1n) is 8.80. The number of unbranched alkanes of at least 4 members (excludes halogenated alkanes) is 4. The van der Waals surface area contributed by atoms with Crippen LogP contribution >= 0.6 is 0 Å². The molecule has 0 nitrogen and oxygen atoms in total. The number of hydrogen-bond donors (Lipinski definition) is 0. The second kappa shape index (κ2) is 23.3. The first-order chi connectivity index (χ1) is 9.74.